The largest absolute Gasteiger partial charge is 0.712 e. The molecule has 0 aliphatic rings. The molecule has 0 aliphatic heterocycles. The van der Waals surface area contributed by atoms with Gasteiger partial charge in [-0.2, -0.15) is 0 Å². The Balaban J connectivity index is 2.63. The highest BCUT2D eigenvalue weighted by atomic mass is 16.7. The second-order valence-electron chi connectivity index (χ2n) is 2.56. The summed E-state index contributed by atoms with van der Waals surface area (Å²) < 4.78 is 14.9. The number of carbonyl (C=O) groups is 1. The van der Waals surface area contributed by atoms with Gasteiger partial charge in [0, 0.05) is 19.8 Å². The predicted octanol–water partition coefficient (Wildman–Crippen LogP) is 1.16. The van der Waals surface area contributed by atoms with Crippen LogP contribution in [-0.4, -0.2) is 27.8 Å². The molecule has 1 aromatic rings. The Morgan fingerprint density at radius 3 is 2.14 bits per heavy atom. The Labute approximate surface area is 83.0 Å². The lowest BCUT2D eigenvalue weighted by Crippen LogP contribution is -2.27. The van der Waals surface area contributed by atoms with E-state index in [-0.39, 0.29) is 0 Å². The van der Waals surface area contributed by atoms with Gasteiger partial charge in [0.05, 0.1) is 0 Å². The smallest absolute Gasteiger partial charge is 0.512 e. The van der Waals surface area contributed by atoms with Crippen molar-refractivity contribution < 1.29 is 18.8 Å². The van der Waals surface area contributed by atoms with Crippen LogP contribution in [0.15, 0.2) is 24.3 Å². The molecule has 1 aromatic carbocycles. The summed E-state index contributed by atoms with van der Waals surface area (Å²) in [6, 6.07) is 6.67. The van der Waals surface area contributed by atoms with Gasteiger partial charge in [-0.3, -0.25) is 4.79 Å². The minimum atomic E-state index is -0.725. The maximum Gasteiger partial charge on any atom is 0.712 e. The Kier molecular flexibility index (Phi) is 4.16. The van der Waals surface area contributed by atoms with Crippen LogP contribution in [0.3, 0.4) is 0 Å². The molecule has 0 unspecified atom stereocenters. The molecular weight excluding hydrogens is 183 g/mol. The Morgan fingerprint density at radius 2 is 1.71 bits per heavy atom. The first-order valence-corrected chi connectivity index (χ1v) is 4.07. The summed E-state index contributed by atoms with van der Waals surface area (Å²) in [5.41, 5.74) is 0.601. The zero-order valence-electron chi connectivity index (χ0n) is 8.10. The minimum Gasteiger partial charge on any atom is -0.512 e. The van der Waals surface area contributed by atoms with Crippen molar-refractivity contribution in [3.63, 3.8) is 0 Å². The lowest BCUT2D eigenvalue weighted by molar-refractivity contribution is 0.112. The highest BCUT2D eigenvalue weighted by molar-refractivity contribution is 6.37. The summed E-state index contributed by atoms with van der Waals surface area (Å²) >= 11 is 0. The van der Waals surface area contributed by atoms with Crippen LogP contribution < -0.4 is 4.65 Å². The van der Waals surface area contributed by atoms with Crippen molar-refractivity contribution in [2.75, 3.05) is 14.2 Å². The summed E-state index contributed by atoms with van der Waals surface area (Å²) in [4.78, 5) is 10.4. The summed E-state index contributed by atoms with van der Waals surface area (Å²) in [6.45, 7) is 0. The van der Waals surface area contributed by atoms with E-state index in [1.54, 1.807) is 24.3 Å². The Hall–Kier alpha value is -1.33. The fourth-order valence-corrected chi connectivity index (χ4v) is 0.929. The van der Waals surface area contributed by atoms with Crippen molar-refractivity contribution in [2.45, 2.75) is 0 Å². The zero-order chi connectivity index (χ0) is 10.4. The van der Waals surface area contributed by atoms with E-state index >= 15 is 0 Å². The van der Waals surface area contributed by atoms with Crippen molar-refractivity contribution in [1.82, 2.24) is 0 Å². The SMILES string of the molecule is COB(OC)Oc1ccc(C=O)cc1. The second kappa shape index (κ2) is 5.41. The Morgan fingerprint density at radius 1 is 1.14 bits per heavy atom. The highest BCUT2D eigenvalue weighted by Crippen LogP contribution is 2.12. The molecule has 0 saturated heterocycles. The highest BCUT2D eigenvalue weighted by Gasteiger charge is 2.19. The molecule has 0 heterocycles. The van der Waals surface area contributed by atoms with Crippen LogP contribution in [0.4, 0.5) is 0 Å². The molecule has 0 aliphatic carbocycles. The van der Waals surface area contributed by atoms with Crippen molar-refractivity contribution >= 4 is 13.6 Å². The van der Waals surface area contributed by atoms with Gasteiger partial charge in [0.15, 0.2) is 0 Å². The quantitative estimate of drug-likeness (QED) is 0.521. The molecule has 0 aromatic heterocycles. The maximum atomic E-state index is 10.4. The Bertz CT molecular complexity index is 281. The van der Waals surface area contributed by atoms with Crippen LogP contribution in [0.2, 0.25) is 0 Å². The molecule has 0 atom stereocenters. The predicted molar refractivity (Wildman–Crippen MR) is 52.2 cm³/mol. The molecule has 4 nitrogen and oxygen atoms in total. The van der Waals surface area contributed by atoms with Gasteiger partial charge < -0.3 is 14.0 Å². The number of carbonyl (C=O) groups excluding carboxylic acids is 1. The molecule has 0 bridgehead atoms. The summed E-state index contributed by atoms with van der Waals surface area (Å²) in [6.07, 6.45) is 0.772. The van der Waals surface area contributed by atoms with Crippen LogP contribution in [0, 0.1) is 0 Å². The van der Waals surface area contributed by atoms with Crippen LogP contribution in [0.5, 0.6) is 5.75 Å². The average molecular weight is 194 g/mol. The van der Waals surface area contributed by atoms with Gasteiger partial charge in [0.1, 0.15) is 12.0 Å². The first-order chi connectivity index (χ1) is 6.80. The third kappa shape index (κ3) is 2.87. The molecule has 74 valence electrons. The normalized spacial score (nSPS) is 9.57. The molecule has 0 amide bonds. The van der Waals surface area contributed by atoms with E-state index in [4.69, 9.17) is 14.0 Å². The molecule has 0 N–H and O–H groups in total. The van der Waals surface area contributed by atoms with Crippen molar-refractivity contribution in [2.24, 2.45) is 0 Å². The van der Waals surface area contributed by atoms with Gasteiger partial charge in [-0.25, -0.2) is 0 Å². The van der Waals surface area contributed by atoms with Crippen molar-refractivity contribution in [3.8, 4) is 5.75 Å². The lowest BCUT2D eigenvalue weighted by Gasteiger charge is -2.09. The van der Waals surface area contributed by atoms with Crippen LogP contribution >= 0.6 is 0 Å². The first-order valence-electron chi connectivity index (χ1n) is 4.07. The molecular formula is C9H11BO4. The topological polar surface area (TPSA) is 44.8 Å². The van der Waals surface area contributed by atoms with E-state index in [2.05, 4.69) is 0 Å². The number of rotatable bonds is 5. The minimum absolute atomic E-state index is 0.587. The standard InChI is InChI=1S/C9H11BO4/c1-12-10(13-2)14-9-5-3-8(7-11)4-6-9/h3-7H,1-2H3. The summed E-state index contributed by atoms with van der Waals surface area (Å²) in [5, 5.41) is 0. The lowest BCUT2D eigenvalue weighted by atomic mass is 10.2. The average Bonchev–Trinajstić information content (AvgIpc) is 2.26. The number of hydrogen-bond acceptors (Lipinski definition) is 4. The number of benzene rings is 1. The number of aldehydes is 1. The van der Waals surface area contributed by atoms with E-state index in [0.717, 1.165) is 6.29 Å². The van der Waals surface area contributed by atoms with Gasteiger partial charge in [0.25, 0.3) is 0 Å². The van der Waals surface area contributed by atoms with E-state index in [1.165, 1.54) is 14.2 Å². The van der Waals surface area contributed by atoms with Gasteiger partial charge in [-0.1, -0.05) is 0 Å². The van der Waals surface area contributed by atoms with Crippen LogP contribution in [0.25, 0.3) is 0 Å². The second-order valence-corrected chi connectivity index (χ2v) is 2.56. The molecule has 0 fully saturated rings. The van der Waals surface area contributed by atoms with E-state index in [0.29, 0.717) is 11.3 Å². The van der Waals surface area contributed by atoms with Gasteiger partial charge in [-0.15, -0.1) is 0 Å². The van der Waals surface area contributed by atoms with E-state index < -0.39 is 7.32 Å². The molecule has 1 rings (SSSR count). The monoisotopic (exact) mass is 194 g/mol. The van der Waals surface area contributed by atoms with Crippen molar-refractivity contribution in [1.29, 1.82) is 0 Å². The van der Waals surface area contributed by atoms with Crippen LogP contribution in [-0.2, 0) is 9.31 Å². The molecule has 0 spiro atoms. The third-order valence-corrected chi connectivity index (χ3v) is 1.63. The number of hydrogen-bond donors (Lipinski definition) is 0. The van der Waals surface area contributed by atoms with E-state index in [9.17, 15) is 4.79 Å². The van der Waals surface area contributed by atoms with Crippen LogP contribution in [0.1, 0.15) is 10.4 Å². The molecule has 0 saturated carbocycles. The fraction of sp³-hybridized carbons (Fsp3) is 0.222. The summed E-state index contributed by atoms with van der Waals surface area (Å²) in [7, 11) is 2.24. The molecule has 14 heavy (non-hydrogen) atoms. The van der Waals surface area contributed by atoms with Gasteiger partial charge in [0.2, 0.25) is 0 Å². The van der Waals surface area contributed by atoms with Gasteiger partial charge >= 0.3 is 7.32 Å². The molecule has 0 radical (unpaired) electrons. The summed E-state index contributed by atoms with van der Waals surface area (Å²) in [5.74, 6) is 0.587. The fourth-order valence-electron chi connectivity index (χ4n) is 0.929. The van der Waals surface area contributed by atoms with Crippen molar-refractivity contribution in [3.05, 3.63) is 29.8 Å². The third-order valence-electron chi connectivity index (χ3n) is 1.63. The maximum absolute atomic E-state index is 10.4. The van der Waals surface area contributed by atoms with E-state index in [1.807, 2.05) is 0 Å². The molecule has 5 heteroatoms. The first kappa shape index (κ1) is 10.8. The zero-order valence-corrected chi connectivity index (χ0v) is 8.10. The van der Waals surface area contributed by atoms with Gasteiger partial charge in [-0.05, 0) is 24.3 Å².